The van der Waals surface area contributed by atoms with E-state index in [2.05, 4.69) is 41.6 Å². The average Bonchev–Trinajstić information content (AvgIpc) is 3.18. The van der Waals surface area contributed by atoms with Crippen LogP contribution in [0.3, 0.4) is 0 Å². The van der Waals surface area contributed by atoms with E-state index in [0.29, 0.717) is 11.5 Å². The Morgan fingerprint density at radius 1 is 1.09 bits per heavy atom. The first-order valence-electron chi connectivity index (χ1n) is 11.5. The molecule has 1 fully saturated rings. The van der Waals surface area contributed by atoms with Crippen molar-refractivity contribution in [1.82, 2.24) is 15.6 Å². The minimum Gasteiger partial charge on any atom is -0.493 e. The molecule has 3 N–H and O–H groups in total. The van der Waals surface area contributed by atoms with Crippen molar-refractivity contribution in [2.45, 2.75) is 51.8 Å². The van der Waals surface area contributed by atoms with E-state index in [9.17, 15) is 4.79 Å². The molecule has 0 radical (unpaired) electrons. The maximum Gasteiger partial charge on any atom is 0.217 e. The molecule has 4 rings (SSSR count). The summed E-state index contributed by atoms with van der Waals surface area (Å²) in [5, 5.41) is 7.53. The van der Waals surface area contributed by atoms with Gasteiger partial charge in [0, 0.05) is 23.4 Å². The molecule has 1 saturated heterocycles. The van der Waals surface area contributed by atoms with Crippen molar-refractivity contribution < 1.29 is 19.0 Å². The summed E-state index contributed by atoms with van der Waals surface area (Å²) in [7, 11) is 3.28. The van der Waals surface area contributed by atoms with Gasteiger partial charge in [-0.1, -0.05) is 13.8 Å². The summed E-state index contributed by atoms with van der Waals surface area (Å²) in [6, 6.07) is 12.0. The van der Waals surface area contributed by atoms with Crippen molar-refractivity contribution in [2.75, 3.05) is 20.8 Å². The number of aromatic amines is 1. The highest BCUT2D eigenvalue weighted by molar-refractivity contribution is 5.92. The van der Waals surface area contributed by atoms with Crippen LogP contribution in [-0.2, 0) is 4.79 Å². The smallest absolute Gasteiger partial charge is 0.217 e. The lowest BCUT2D eigenvalue weighted by molar-refractivity contribution is -0.120. The van der Waals surface area contributed by atoms with Gasteiger partial charge < -0.3 is 24.5 Å². The molecule has 2 heterocycles. The van der Waals surface area contributed by atoms with Gasteiger partial charge in [0.15, 0.2) is 17.7 Å². The number of ether oxygens (including phenoxy) is 3. The van der Waals surface area contributed by atoms with Crippen LogP contribution in [0.15, 0.2) is 36.4 Å². The van der Waals surface area contributed by atoms with E-state index < -0.39 is 0 Å². The second-order valence-electron chi connectivity index (χ2n) is 8.79. The Bertz CT molecular complexity index is 1140. The Morgan fingerprint density at radius 3 is 2.58 bits per heavy atom. The monoisotopic (exact) mass is 451 g/mol. The molecule has 33 heavy (non-hydrogen) atoms. The van der Waals surface area contributed by atoms with Crippen LogP contribution in [0.4, 0.5) is 0 Å². The quantitative estimate of drug-likeness (QED) is 0.490. The first-order chi connectivity index (χ1) is 15.9. The van der Waals surface area contributed by atoms with E-state index in [-0.39, 0.29) is 24.1 Å². The lowest BCUT2D eigenvalue weighted by atomic mass is 9.96. The van der Waals surface area contributed by atoms with Crippen LogP contribution in [0.25, 0.3) is 22.2 Å². The Hall–Kier alpha value is -3.19. The molecule has 0 unspecified atom stereocenters. The van der Waals surface area contributed by atoms with Crippen LogP contribution < -0.4 is 24.8 Å². The highest BCUT2D eigenvalue weighted by Crippen LogP contribution is 2.40. The zero-order valence-electron chi connectivity index (χ0n) is 20.0. The molecule has 176 valence electrons. The zero-order chi connectivity index (χ0) is 23.5. The number of carbonyl (C=O) groups is 1. The highest BCUT2D eigenvalue weighted by atomic mass is 16.5. The van der Waals surface area contributed by atoms with Crippen molar-refractivity contribution in [3.05, 3.63) is 42.0 Å². The van der Waals surface area contributed by atoms with Crippen LogP contribution in [-0.4, -0.2) is 43.9 Å². The summed E-state index contributed by atoms with van der Waals surface area (Å²) in [6.45, 7) is 6.79. The Kier molecular flexibility index (Phi) is 6.79. The first-order valence-corrected chi connectivity index (χ1v) is 11.5. The third kappa shape index (κ3) is 4.78. The standard InChI is InChI=1S/C26H33N3O4/c1-15(2)24-19-14-18(33-26-21(28-16(3)30)7-6-12-27-26)9-10-20(19)29-25(24)17-8-11-22(31-4)23(13-17)32-5/h8-11,13-15,21,26-27,29H,6-7,12H2,1-5H3,(H,28,30)/t21-,26-/m1/s1. The summed E-state index contributed by atoms with van der Waals surface area (Å²) < 4.78 is 17.2. The van der Waals surface area contributed by atoms with Crippen molar-refractivity contribution >= 4 is 16.8 Å². The van der Waals surface area contributed by atoms with Crippen LogP contribution >= 0.6 is 0 Å². The molecule has 2 atom stereocenters. The minimum atomic E-state index is -0.258. The van der Waals surface area contributed by atoms with Crippen LogP contribution in [0.1, 0.15) is 45.1 Å². The Balaban J connectivity index is 1.71. The van der Waals surface area contributed by atoms with Gasteiger partial charge in [0.05, 0.1) is 26.0 Å². The van der Waals surface area contributed by atoms with Crippen LogP contribution in [0, 0.1) is 0 Å². The fourth-order valence-electron chi connectivity index (χ4n) is 4.62. The number of hydrogen-bond donors (Lipinski definition) is 3. The zero-order valence-corrected chi connectivity index (χ0v) is 20.0. The number of methoxy groups -OCH3 is 2. The predicted molar refractivity (Wildman–Crippen MR) is 130 cm³/mol. The SMILES string of the molecule is COc1ccc(-c2[nH]c3ccc(O[C@H]4NCCC[C@H]4NC(C)=O)cc3c2C(C)C)cc1OC. The van der Waals surface area contributed by atoms with Crippen molar-refractivity contribution in [1.29, 1.82) is 0 Å². The number of nitrogens with one attached hydrogen (secondary N) is 3. The molecule has 0 bridgehead atoms. The first kappa shape index (κ1) is 23.0. The summed E-state index contributed by atoms with van der Waals surface area (Å²) in [4.78, 5) is 15.2. The Morgan fingerprint density at radius 2 is 1.88 bits per heavy atom. The maximum atomic E-state index is 11.6. The fraction of sp³-hybridized carbons (Fsp3) is 0.423. The van der Waals surface area contributed by atoms with Crippen molar-refractivity contribution in [2.24, 2.45) is 0 Å². The number of aromatic nitrogens is 1. The molecule has 1 aliphatic rings. The molecule has 1 aromatic heterocycles. The number of rotatable bonds is 7. The molecule has 3 aromatic rings. The number of benzene rings is 2. The van der Waals surface area contributed by atoms with Gasteiger partial charge in [0.25, 0.3) is 0 Å². The number of hydrogen-bond acceptors (Lipinski definition) is 5. The van der Waals surface area contributed by atoms with E-state index in [1.807, 2.05) is 24.3 Å². The molecule has 0 saturated carbocycles. The average molecular weight is 452 g/mol. The third-order valence-electron chi connectivity index (χ3n) is 6.11. The summed E-state index contributed by atoms with van der Waals surface area (Å²) in [5.74, 6) is 2.42. The molecule has 7 nitrogen and oxygen atoms in total. The molecule has 0 spiro atoms. The summed E-state index contributed by atoms with van der Waals surface area (Å²) >= 11 is 0. The molecule has 7 heteroatoms. The molecule has 2 aromatic carbocycles. The van der Waals surface area contributed by atoms with Gasteiger partial charge in [0.2, 0.25) is 5.91 Å². The van der Waals surface area contributed by atoms with E-state index in [1.54, 1.807) is 21.1 Å². The molecular weight excluding hydrogens is 418 g/mol. The van der Waals surface area contributed by atoms with E-state index >= 15 is 0 Å². The Labute approximate surface area is 194 Å². The lowest BCUT2D eigenvalue weighted by Crippen LogP contribution is -2.55. The van der Waals surface area contributed by atoms with Crippen molar-refractivity contribution in [3.8, 4) is 28.5 Å². The van der Waals surface area contributed by atoms with Gasteiger partial charge in [-0.25, -0.2) is 0 Å². The van der Waals surface area contributed by atoms with Gasteiger partial charge in [-0.2, -0.15) is 0 Å². The van der Waals surface area contributed by atoms with Crippen LogP contribution in [0.5, 0.6) is 17.2 Å². The van der Waals surface area contributed by atoms with Gasteiger partial charge in [-0.05, 0) is 67.3 Å². The van der Waals surface area contributed by atoms with Gasteiger partial charge >= 0.3 is 0 Å². The number of H-pyrrole nitrogens is 1. The van der Waals surface area contributed by atoms with Gasteiger partial charge in [0.1, 0.15) is 5.75 Å². The summed E-state index contributed by atoms with van der Waals surface area (Å²) in [5.41, 5.74) is 4.36. The number of carbonyl (C=O) groups excluding carboxylic acids is 1. The van der Waals surface area contributed by atoms with E-state index in [4.69, 9.17) is 14.2 Å². The van der Waals surface area contributed by atoms with Crippen molar-refractivity contribution in [3.63, 3.8) is 0 Å². The minimum absolute atomic E-state index is 0.0416. The van der Waals surface area contributed by atoms with Gasteiger partial charge in [-0.3, -0.25) is 10.1 Å². The highest BCUT2D eigenvalue weighted by Gasteiger charge is 2.27. The fourth-order valence-corrected chi connectivity index (χ4v) is 4.62. The molecule has 0 aliphatic carbocycles. The second-order valence-corrected chi connectivity index (χ2v) is 8.79. The number of fused-ring (bicyclic) bond motifs is 1. The lowest BCUT2D eigenvalue weighted by Gasteiger charge is -2.33. The largest absolute Gasteiger partial charge is 0.493 e. The predicted octanol–water partition coefficient (Wildman–Crippen LogP) is 4.57. The third-order valence-corrected chi connectivity index (χ3v) is 6.11. The molecular formula is C26H33N3O4. The molecule has 1 aliphatic heterocycles. The second kappa shape index (κ2) is 9.75. The summed E-state index contributed by atoms with van der Waals surface area (Å²) in [6.07, 6.45) is 1.64. The van der Waals surface area contributed by atoms with Gasteiger partial charge in [-0.15, -0.1) is 0 Å². The van der Waals surface area contributed by atoms with E-state index in [0.717, 1.165) is 47.3 Å². The number of amides is 1. The number of piperidine rings is 1. The molecule has 1 amide bonds. The van der Waals surface area contributed by atoms with Crippen LogP contribution in [0.2, 0.25) is 0 Å². The normalized spacial score (nSPS) is 18.4. The maximum absolute atomic E-state index is 11.6. The topological polar surface area (TPSA) is 84.6 Å². The van der Waals surface area contributed by atoms with E-state index in [1.165, 1.54) is 5.56 Å².